The van der Waals surface area contributed by atoms with Crippen LogP contribution in [0.15, 0.2) is 65.1 Å². The van der Waals surface area contributed by atoms with Gasteiger partial charge in [-0.05, 0) is 48.4 Å². The van der Waals surface area contributed by atoms with Crippen LogP contribution in [0.25, 0.3) is 22.1 Å². The highest BCUT2D eigenvalue weighted by Gasteiger charge is 2.20. The predicted octanol–water partition coefficient (Wildman–Crippen LogP) is 6.98. The van der Waals surface area contributed by atoms with Gasteiger partial charge < -0.3 is 9.73 Å². The first-order valence-corrected chi connectivity index (χ1v) is 9.11. The lowest BCUT2D eigenvalue weighted by molar-refractivity contribution is 0.261. The third-order valence-electron chi connectivity index (χ3n) is 4.47. The molecule has 0 bridgehead atoms. The summed E-state index contributed by atoms with van der Waals surface area (Å²) in [6.45, 7) is 1.94. The number of amides is 2. The summed E-state index contributed by atoms with van der Waals surface area (Å²) >= 11 is 6.16. The fourth-order valence-corrected chi connectivity index (χ4v) is 3.30. The number of urea groups is 1. The van der Waals surface area contributed by atoms with Crippen LogP contribution in [-0.4, -0.2) is 6.03 Å². The summed E-state index contributed by atoms with van der Waals surface area (Å²) in [7, 11) is 0. The molecule has 2 N–H and O–H groups in total. The van der Waals surface area contributed by atoms with Crippen LogP contribution in [0.1, 0.15) is 5.56 Å². The SMILES string of the molecule is Cc1ccccc1-c1c(NC(=O)Nc2ccc(F)cc2F)oc2ccc(Cl)cc12. The largest absolute Gasteiger partial charge is 0.440 e. The number of carbonyl (C=O) groups is 1. The lowest BCUT2D eigenvalue weighted by atomic mass is 9.99. The minimum atomic E-state index is -0.879. The van der Waals surface area contributed by atoms with Crippen LogP contribution in [0.4, 0.5) is 25.1 Å². The van der Waals surface area contributed by atoms with Crippen molar-refractivity contribution >= 4 is 40.2 Å². The Balaban J connectivity index is 1.74. The molecule has 1 aromatic heterocycles. The number of carbonyl (C=O) groups excluding carboxylic acids is 1. The summed E-state index contributed by atoms with van der Waals surface area (Å²) < 4.78 is 32.7. The highest BCUT2D eigenvalue weighted by Crippen LogP contribution is 2.40. The summed E-state index contributed by atoms with van der Waals surface area (Å²) in [6.07, 6.45) is 0. The lowest BCUT2D eigenvalue weighted by Crippen LogP contribution is -2.20. The summed E-state index contributed by atoms with van der Waals surface area (Å²) in [5.41, 5.74) is 2.88. The van der Waals surface area contributed by atoms with Crippen molar-refractivity contribution in [3.63, 3.8) is 0 Å². The van der Waals surface area contributed by atoms with E-state index < -0.39 is 17.7 Å². The van der Waals surface area contributed by atoms with Crippen LogP contribution in [0, 0.1) is 18.6 Å². The molecule has 0 radical (unpaired) electrons. The Bertz CT molecular complexity index is 1240. The molecule has 4 aromatic rings. The lowest BCUT2D eigenvalue weighted by Gasteiger charge is -2.10. The maximum atomic E-state index is 13.8. The maximum absolute atomic E-state index is 13.8. The molecule has 1 heterocycles. The number of benzene rings is 3. The van der Waals surface area contributed by atoms with Crippen LogP contribution in [0.3, 0.4) is 0 Å². The van der Waals surface area contributed by atoms with Crippen molar-refractivity contribution in [3.8, 4) is 11.1 Å². The zero-order chi connectivity index (χ0) is 20.5. The molecule has 146 valence electrons. The molecule has 3 aromatic carbocycles. The van der Waals surface area contributed by atoms with Crippen molar-refractivity contribution < 1.29 is 18.0 Å². The van der Waals surface area contributed by atoms with Crippen molar-refractivity contribution in [2.75, 3.05) is 10.6 Å². The Labute approximate surface area is 170 Å². The van der Waals surface area contributed by atoms with E-state index in [1.807, 2.05) is 31.2 Å². The summed E-state index contributed by atoms with van der Waals surface area (Å²) in [5, 5.41) is 6.23. The second kappa shape index (κ2) is 7.56. The standard InChI is InChI=1S/C22H15ClF2N2O2/c1-12-4-2-3-5-15(12)20-16-10-13(23)6-9-19(16)29-21(20)27-22(28)26-18-8-7-14(24)11-17(18)25/h2-11H,1H3,(H2,26,27,28). The van der Waals surface area contributed by atoms with Crippen LogP contribution in [0.5, 0.6) is 0 Å². The van der Waals surface area contributed by atoms with E-state index in [4.69, 9.17) is 16.0 Å². The Morgan fingerprint density at radius 2 is 1.79 bits per heavy atom. The second-order valence-electron chi connectivity index (χ2n) is 6.46. The number of fused-ring (bicyclic) bond motifs is 1. The van der Waals surface area contributed by atoms with Gasteiger partial charge >= 0.3 is 6.03 Å². The molecule has 0 atom stereocenters. The normalized spacial score (nSPS) is 10.9. The predicted molar refractivity (Wildman–Crippen MR) is 110 cm³/mol. The van der Waals surface area contributed by atoms with Crippen LogP contribution in [0.2, 0.25) is 5.02 Å². The van der Waals surface area contributed by atoms with Crippen LogP contribution in [-0.2, 0) is 0 Å². The number of halogens is 3. The molecule has 4 nitrogen and oxygen atoms in total. The molecule has 0 aliphatic carbocycles. The summed E-state index contributed by atoms with van der Waals surface area (Å²) in [4.78, 5) is 12.5. The van der Waals surface area contributed by atoms with Crippen LogP contribution >= 0.6 is 11.6 Å². The fourth-order valence-electron chi connectivity index (χ4n) is 3.13. The maximum Gasteiger partial charge on any atom is 0.326 e. The van der Waals surface area contributed by atoms with Crippen molar-refractivity contribution in [1.29, 1.82) is 0 Å². The van der Waals surface area contributed by atoms with Crippen molar-refractivity contribution in [2.24, 2.45) is 0 Å². The molecule has 4 rings (SSSR count). The Morgan fingerprint density at radius 1 is 1.00 bits per heavy atom. The monoisotopic (exact) mass is 412 g/mol. The molecular formula is C22H15ClF2N2O2. The molecule has 29 heavy (non-hydrogen) atoms. The van der Waals surface area contributed by atoms with E-state index in [0.717, 1.165) is 28.6 Å². The number of anilines is 2. The zero-order valence-corrected chi connectivity index (χ0v) is 16.0. The van der Waals surface area contributed by atoms with E-state index in [2.05, 4.69) is 10.6 Å². The van der Waals surface area contributed by atoms with Gasteiger partial charge in [0.25, 0.3) is 0 Å². The van der Waals surface area contributed by atoms with E-state index in [1.54, 1.807) is 18.2 Å². The van der Waals surface area contributed by atoms with Crippen molar-refractivity contribution in [2.45, 2.75) is 6.92 Å². The third kappa shape index (κ3) is 3.79. The van der Waals surface area contributed by atoms with Gasteiger partial charge in [-0.25, -0.2) is 13.6 Å². The first-order chi connectivity index (χ1) is 13.9. The third-order valence-corrected chi connectivity index (χ3v) is 4.71. The van der Waals surface area contributed by atoms with Gasteiger partial charge in [-0.15, -0.1) is 0 Å². The van der Waals surface area contributed by atoms with Gasteiger partial charge in [0, 0.05) is 16.5 Å². The van der Waals surface area contributed by atoms with Gasteiger partial charge in [0.15, 0.2) is 0 Å². The topological polar surface area (TPSA) is 54.3 Å². The number of hydrogen-bond donors (Lipinski definition) is 2. The van der Waals surface area contributed by atoms with Gasteiger partial charge in [-0.3, -0.25) is 5.32 Å². The molecule has 0 aliphatic heterocycles. The number of hydrogen-bond acceptors (Lipinski definition) is 2. The average Bonchev–Trinajstić information content (AvgIpc) is 3.01. The molecule has 2 amide bonds. The van der Waals surface area contributed by atoms with Crippen LogP contribution < -0.4 is 10.6 Å². The number of aryl methyl sites for hydroxylation is 1. The molecule has 0 spiro atoms. The Morgan fingerprint density at radius 3 is 2.55 bits per heavy atom. The second-order valence-corrected chi connectivity index (χ2v) is 6.90. The highest BCUT2D eigenvalue weighted by molar-refractivity contribution is 6.31. The molecule has 0 unspecified atom stereocenters. The summed E-state index contributed by atoms with van der Waals surface area (Å²) in [6, 6.07) is 15.0. The molecule has 7 heteroatoms. The summed E-state index contributed by atoms with van der Waals surface area (Å²) in [5.74, 6) is -1.42. The van der Waals surface area contributed by atoms with Crippen molar-refractivity contribution in [1.82, 2.24) is 0 Å². The molecular weight excluding hydrogens is 398 g/mol. The van der Waals surface area contributed by atoms with E-state index in [1.165, 1.54) is 0 Å². The molecule has 0 saturated heterocycles. The molecule has 0 saturated carbocycles. The Hall–Kier alpha value is -3.38. The minimum Gasteiger partial charge on any atom is -0.440 e. The van der Waals surface area contributed by atoms with Gasteiger partial charge in [0.2, 0.25) is 5.88 Å². The highest BCUT2D eigenvalue weighted by atomic mass is 35.5. The number of nitrogens with one attached hydrogen (secondary N) is 2. The van der Waals surface area contributed by atoms with E-state index in [-0.39, 0.29) is 11.6 Å². The quantitative estimate of drug-likeness (QED) is 0.381. The molecule has 0 aliphatic rings. The van der Waals surface area contributed by atoms with E-state index >= 15 is 0 Å². The molecule has 0 fully saturated rings. The van der Waals surface area contributed by atoms with E-state index in [9.17, 15) is 13.6 Å². The smallest absolute Gasteiger partial charge is 0.326 e. The van der Waals surface area contributed by atoms with Crippen molar-refractivity contribution in [3.05, 3.63) is 82.9 Å². The average molecular weight is 413 g/mol. The number of furan rings is 1. The Kier molecular flexibility index (Phi) is 4.94. The number of rotatable bonds is 3. The fraction of sp³-hybridized carbons (Fsp3) is 0.0455. The van der Waals surface area contributed by atoms with Gasteiger partial charge in [0.1, 0.15) is 17.2 Å². The first kappa shape index (κ1) is 19.0. The van der Waals surface area contributed by atoms with Gasteiger partial charge in [-0.1, -0.05) is 35.9 Å². The minimum absolute atomic E-state index is 0.152. The zero-order valence-electron chi connectivity index (χ0n) is 15.2. The van der Waals surface area contributed by atoms with Gasteiger partial charge in [0.05, 0.1) is 11.3 Å². The van der Waals surface area contributed by atoms with E-state index in [0.29, 0.717) is 22.2 Å². The van der Waals surface area contributed by atoms with Gasteiger partial charge in [-0.2, -0.15) is 0 Å². The first-order valence-electron chi connectivity index (χ1n) is 8.73.